The van der Waals surface area contributed by atoms with Crippen molar-refractivity contribution in [3.05, 3.63) is 35.6 Å². The van der Waals surface area contributed by atoms with Gasteiger partial charge in [-0.15, -0.1) is 0 Å². The molecule has 16 heavy (non-hydrogen) atoms. The van der Waals surface area contributed by atoms with Crippen LogP contribution in [0.1, 0.15) is 30.9 Å². The molecular weight excluding hydrogens is 203 g/mol. The van der Waals surface area contributed by atoms with Crippen LogP contribution in [-0.2, 0) is 0 Å². The Kier molecular flexibility index (Phi) is 3.91. The van der Waals surface area contributed by atoms with Crippen molar-refractivity contribution in [3.8, 4) is 0 Å². The summed E-state index contributed by atoms with van der Waals surface area (Å²) in [5, 5.41) is 0. The fraction of sp³-hybridized carbons (Fsp3) is 0.538. The van der Waals surface area contributed by atoms with E-state index in [1.807, 2.05) is 12.1 Å². The summed E-state index contributed by atoms with van der Waals surface area (Å²) in [5.41, 5.74) is 6.54. The van der Waals surface area contributed by atoms with Gasteiger partial charge in [-0.2, -0.15) is 0 Å². The Morgan fingerprint density at radius 3 is 2.50 bits per heavy atom. The van der Waals surface area contributed by atoms with E-state index in [4.69, 9.17) is 5.73 Å². The van der Waals surface area contributed by atoms with Crippen molar-refractivity contribution < 1.29 is 4.39 Å². The maximum Gasteiger partial charge on any atom is 0.128 e. The predicted octanol–water partition coefficient (Wildman–Crippen LogP) is 2.31. The van der Waals surface area contributed by atoms with Gasteiger partial charge in [0.2, 0.25) is 0 Å². The van der Waals surface area contributed by atoms with Crippen LogP contribution < -0.4 is 5.73 Å². The van der Waals surface area contributed by atoms with Crippen LogP contribution in [0.2, 0.25) is 0 Å². The number of nitrogens with two attached hydrogens (primary N) is 1. The minimum atomic E-state index is -0.136. The van der Waals surface area contributed by atoms with Gasteiger partial charge in [-0.1, -0.05) is 24.6 Å². The van der Waals surface area contributed by atoms with Gasteiger partial charge in [0, 0.05) is 18.2 Å². The fourth-order valence-corrected chi connectivity index (χ4v) is 2.45. The second-order valence-corrected chi connectivity index (χ2v) is 4.37. The third kappa shape index (κ3) is 2.42. The Morgan fingerprint density at radius 2 is 1.88 bits per heavy atom. The molecule has 2 N–H and O–H groups in total. The third-order valence-corrected chi connectivity index (χ3v) is 3.32. The van der Waals surface area contributed by atoms with Crippen LogP contribution >= 0.6 is 0 Å². The molecule has 3 heteroatoms. The maximum absolute atomic E-state index is 13.7. The normalized spacial score (nSPS) is 19.6. The van der Waals surface area contributed by atoms with Gasteiger partial charge in [-0.3, -0.25) is 4.90 Å². The van der Waals surface area contributed by atoms with E-state index in [9.17, 15) is 4.39 Å². The van der Waals surface area contributed by atoms with E-state index in [0.29, 0.717) is 6.54 Å². The van der Waals surface area contributed by atoms with Crippen LogP contribution in [0.5, 0.6) is 0 Å². The molecule has 1 saturated heterocycles. The van der Waals surface area contributed by atoms with Crippen molar-refractivity contribution in [2.45, 2.75) is 25.3 Å². The Labute approximate surface area is 96.2 Å². The Bertz CT molecular complexity index is 334. The number of likely N-dealkylation sites (tertiary alicyclic amines) is 1. The highest BCUT2D eigenvalue weighted by atomic mass is 19.1. The molecule has 0 aromatic heterocycles. The van der Waals surface area contributed by atoms with Gasteiger partial charge < -0.3 is 5.73 Å². The first-order valence-corrected chi connectivity index (χ1v) is 6.01. The molecule has 1 fully saturated rings. The standard InChI is InChI=1S/C13H19FN2/c14-12-7-3-2-6-11(12)13(10-15)16-8-4-1-5-9-16/h2-3,6-7,13H,1,4-5,8-10,15H2/t13-/m1/s1. The zero-order chi connectivity index (χ0) is 11.4. The minimum Gasteiger partial charge on any atom is -0.329 e. The minimum absolute atomic E-state index is 0.0431. The van der Waals surface area contributed by atoms with Crippen molar-refractivity contribution >= 4 is 0 Å². The number of hydrogen-bond acceptors (Lipinski definition) is 2. The molecule has 0 spiro atoms. The van der Waals surface area contributed by atoms with E-state index in [2.05, 4.69) is 4.90 Å². The maximum atomic E-state index is 13.7. The number of nitrogens with zero attached hydrogens (tertiary/aromatic N) is 1. The highest BCUT2D eigenvalue weighted by Crippen LogP contribution is 2.25. The lowest BCUT2D eigenvalue weighted by molar-refractivity contribution is 0.164. The number of piperidine rings is 1. The summed E-state index contributed by atoms with van der Waals surface area (Å²) in [4.78, 5) is 2.31. The topological polar surface area (TPSA) is 29.3 Å². The van der Waals surface area contributed by atoms with Gasteiger partial charge in [-0.05, 0) is 32.0 Å². The van der Waals surface area contributed by atoms with Crippen LogP contribution in [0.25, 0.3) is 0 Å². The molecule has 1 heterocycles. The lowest BCUT2D eigenvalue weighted by Gasteiger charge is -2.34. The molecule has 2 nitrogen and oxygen atoms in total. The van der Waals surface area contributed by atoms with Crippen molar-refractivity contribution in [2.24, 2.45) is 5.73 Å². The quantitative estimate of drug-likeness (QED) is 0.850. The summed E-state index contributed by atoms with van der Waals surface area (Å²) >= 11 is 0. The zero-order valence-electron chi connectivity index (χ0n) is 9.53. The molecule has 1 aliphatic heterocycles. The molecule has 1 aliphatic rings. The monoisotopic (exact) mass is 222 g/mol. The average molecular weight is 222 g/mol. The van der Waals surface area contributed by atoms with E-state index >= 15 is 0 Å². The van der Waals surface area contributed by atoms with Gasteiger partial charge in [-0.25, -0.2) is 4.39 Å². The first kappa shape index (κ1) is 11.6. The van der Waals surface area contributed by atoms with Crippen molar-refractivity contribution in [1.29, 1.82) is 0 Å². The van der Waals surface area contributed by atoms with E-state index in [1.165, 1.54) is 25.3 Å². The van der Waals surface area contributed by atoms with Gasteiger partial charge >= 0.3 is 0 Å². The van der Waals surface area contributed by atoms with Crippen LogP contribution in [-0.4, -0.2) is 24.5 Å². The Hall–Kier alpha value is -0.930. The van der Waals surface area contributed by atoms with Crippen LogP contribution in [0, 0.1) is 5.82 Å². The highest BCUT2D eigenvalue weighted by molar-refractivity contribution is 5.21. The van der Waals surface area contributed by atoms with Gasteiger partial charge in [0.05, 0.1) is 0 Å². The van der Waals surface area contributed by atoms with Gasteiger partial charge in [0.15, 0.2) is 0 Å². The molecular formula is C13H19FN2. The van der Waals surface area contributed by atoms with Crippen LogP contribution in [0.4, 0.5) is 4.39 Å². The number of benzene rings is 1. The molecule has 0 radical (unpaired) electrons. The largest absolute Gasteiger partial charge is 0.329 e. The average Bonchev–Trinajstić information content (AvgIpc) is 2.34. The molecule has 1 aromatic carbocycles. The van der Waals surface area contributed by atoms with Crippen molar-refractivity contribution in [1.82, 2.24) is 4.90 Å². The Balaban J connectivity index is 2.18. The second kappa shape index (κ2) is 5.41. The third-order valence-electron chi connectivity index (χ3n) is 3.32. The lowest BCUT2D eigenvalue weighted by Crippen LogP contribution is -2.37. The number of hydrogen-bond donors (Lipinski definition) is 1. The summed E-state index contributed by atoms with van der Waals surface area (Å²) in [6.45, 7) is 2.56. The van der Waals surface area contributed by atoms with Crippen molar-refractivity contribution in [3.63, 3.8) is 0 Å². The summed E-state index contributed by atoms with van der Waals surface area (Å²) in [6.07, 6.45) is 3.68. The van der Waals surface area contributed by atoms with E-state index in [0.717, 1.165) is 18.7 Å². The zero-order valence-corrected chi connectivity index (χ0v) is 9.53. The molecule has 2 rings (SSSR count). The van der Waals surface area contributed by atoms with E-state index in [-0.39, 0.29) is 11.9 Å². The molecule has 0 bridgehead atoms. The molecule has 1 aromatic rings. The molecule has 0 aliphatic carbocycles. The first-order valence-electron chi connectivity index (χ1n) is 6.01. The summed E-state index contributed by atoms with van der Waals surface area (Å²) in [5.74, 6) is -0.136. The molecule has 88 valence electrons. The molecule has 0 saturated carbocycles. The SMILES string of the molecule is NC[C@H](c1ccccc1F)N1CCCCC1. The summed E-state index contributed by atoms with van der Waals surface area (Å²) in [7, 11) is 0. The molecule has 0 amide bonds. The van der Waals surface area contributed by atoms with E-state index < -0.39 is 0 Å². The van der Waals surface area contributed by atoms with Gasteiger partial charge in [0.25, 0.3) is 0 Å². The predicted molar refractivity (Wildman–Crippen MR) is 63.6 cm³/mol. The number of rotatable bonds is 3. The summed E-state index contributed by atoms with van der Waals surface area (Å²) in [6, 6.07) is 7.01. The Morgan fingerprint density at radius 1 is 1.19 bits per heavy atom. The smallest absolute Gasteiger partial charge is 0.128 e. The fourth-order valence-electron chi connectivity index (χ4n) is 2.45. The highest BCUT2D eigenvalue weighted by Gasteiger charge is 2.22. The second-order valence-electron chi connectivity index (χ2n) is 4.37. The molecule has 1 atom stereocenters. The first-order chi connectivity index (χ1) is 7.83. The van der Waals surface area contributed by atoms with Gasteiger partial charge in [0.1, 0.15) is 5.82 Å². The van der Waals surface area contributed by atoms with Crippen LogP contribution in [0.3, 0.4) is 0 Å². The summed E-state index contributed by atoms with van der Waals surface area (Å²) < 4.78 is 13.7. The van der Waals surface area contributed by atoms with Crippen LogP contribution in [0.15, 0.2) is 24.3 Å². The van der Waals surface area contributed by atoms with E-state index in [1.54, 1.807) is 6.07 Å². The molecule has 0 unspecified atom stereocenters. The lowest BCUT2D eigenvalue weighted by atomic mass is 10.0. The van der Waals surface area contributed by atoms with Crippen molar-refractivity contribution in [2.75, 3.05) is 19.6 Å². The number of halogens is 1.